The Morgan fingerprint density at radius 1 is 1.21 bits per heavy atom. The van der Waals surface area contributed by atoms with Gasteiger partial charge >= 0.3 is 0 Å². The lowest BCUT2D eigenvalue weighted by Crippen LogP contribution is -2.39. The van der Waals surface area contributed by atoms with Gasteiger partial charge in [0.1, 0.15) is 4.21 Å². The number of hydrogen-bond donors (Lipinski definition) is 0. The van der Waals surface area contributed by atoms with Crippen LogP contribution in [0.5, 0.6) is 0 Å². The summed E-state index contributed by atoms with van der Waals surface area (Å²) >= 11 is 1.25. The van der Waals surface area contributed by atoms with Crippen LogP contribution in [-0.4, -0.2) is 49.2 Å². The van der Waals surface area contributed by atoms with Crippen LogP contribution in [0, 0.1) is 0 Å². The van der Waals surface area contributed by atoms with E-state index >= 15 is 0 Å². The molecule has 0 aromatic carbocycles. The molecule has 2 fully saturated rings. The Labute approximate surface area is 148 Å². The monoisotopic (exact) mass is 370 g/mol. The van der Waals surface area contributed by atoms with Gasteiger partial charge in [-0.25, -0.2) is 8.42 Å². The minimum atomic E-state index is -3.37. The normalized spacial score (nSPS) is 19.9. The van der Waals surface area contributed by atoms with Gasteiger partial charge in [0.25, 0.3) is 10.0 Å². The molecule has 24 heavy (non-hydrogen) atoms. The van der Waals surface area contributed by atoms with Crippen molar-refractivity contribution in [2.24, 2.45) is 0 Å². The zero-order valence-corrected chi connectivity index (χ0v) is 15.9. The summed E-state index contributed by atoms with van der Waals surface area (Å²) in [5.74, 6) is 0.122. The van der Waals surface area contributed by atoms with Gasteiger partial charge in [-0.1, -0.05) is 12.8 Å². The Kier molecular flexibility index (Phi) is 5.62. The highest BCUT2D eigenvalue weighted by atomic mass is 32.2. The van der Waals surface area contributed by atoms with Crippen molar-refractivity contribution < 1.29 is 13.2 Å². The molecule has 1 saturated carbocycles. The van der Waals surface area contributed by atoms with E-state index in [4.69, 9.17) is 0 Å². The Bertz CT molecular complexity index is 672. The fraction of sp³-hybridized carbons (Fsp3) is 0.706. The molecule has 0 spiro atoms. The molecule has 0 N–H and O–H groups in total. The van der Waals surface area contributed by atoms with E-state index in [1.165, 1.54) is 24.2 Å². The van der Waals surface area contributed by atoms with E-state index in [2.05, 4.69) is 0 Å². The highest BCUT2D eigenvalue weighted by molar-refractivity contribution is 7.91. The van der Waals surface area contributed by atoms with Crippen molar-refractivity contribution in [1.82, 2.24) is 9.21 Å². The minimum absolute atomic E-state index is 0.122. The van der Waals surface area contributed by atoms with Gasteiger partial charge in [-0.3, -0.25) is 4.79 Å². The summed E-state index contributed by atoms with van der Waals surface area (Å²) in [7, 11) is -3.37. The highest BCUT2D eigenvalue weighted by Crippen LogP contribution is 2.29. The smallest absolute Gasteiger partial charge is 0.252 e. The average Bonchev–Trinajstić information content (AvgIpc) is 3.30. The van der Waals surface area contributed by atoms with Gasteiger partial charge in [0.2, 0.25) is 5.91 Å². The molecule has 0 unspecified atom stereocenters. The van der Waals surface area contributed by atoms with Crippen molar-refractivity contribution in [1.29, 1.82) is 0 Å². The molecule has 1 aromatic rings. The Hall–Kier alpha value is -0.920. The van der Waals surface area contributed by atoms with Crippen LogP contribution in [-0.2, 0) is 21.2 Å². The molecule has 3 rings (SSSR count). The summed E-state index contributed by atoms with van der Waals surface area (Å²) in [6.07, 6.45) is 6.77. The maximum absolute atomic E-state index is 12.6. The van der Waals surface area contributed by atoms with Crippen LogP contribution in [0.25, 0.3) is 0 Å². The van der Waals surface area contributed by atoms with E-state index in [1.54, 1.807) is 16.4 Å². The summed E-state index contributed by atoms with van der Waals surface area (Å²) in [4.78, 5) is 15.4. The zero-order valence-electron chi connectivity index (χ0n) is 14.2. The van der Waals surface area contributed by atoms with Crippen molar-refractivity contribution in [3.8, 4) is 0 Å². The number of thiophene rings is 1. The largest absolute Gasteiger partial charge is 0.340 e. The van der Waals surface area contributed by atoms with Crippen LogP contribution in [0.2, 0.25) is 0 Å². The fourth-order valence-corrected chi connectivity index (χ4v) is 6.77. The van der Waals surface area contributed by atoms with Crippen molar-refractivity contribution >= 4 is 27.3 Å². The average molecular weight is 371 g/mol. The molecular weight excluding hydrogens is 344 g/mol. The summed E-state index contributed by atoms with van der Waals surface area (Å²) in [6.45, 7) is 3.97. The number of likely N-dealkylation sites (N-methyl/N-ethyl adjacent to an activating group) is 1. The summed E-state index contributed by atoms with van der Waals surface area (Å²) in [5.41, 5.74) is 0. The van der Waals surface area contributed by atoms with Gasteiger partial charge in [-0.05, 0) is 44.7 Å². The lowest BCUT2D eigenvalue weighted by molar-refractivity contribution is -0.132. The SMILES string of the molecule is CCN(C(=O)Cc1ccc(S(=O)(=O)N2CCCC2)s1)C1CCCC1. The van der Waals surface area contributed by atoms with Gasteiger partial charge < -0.3 is 4.90 Å². The predicted octanol–water partition coefficient (Wildman–Crippen LogP) is 2.87. The first-order valence-corrected chi connectivity index (χ1v) is 11.2. The molecule has 2 aliphatic rings. The molecule has 0 atom stereocenters. The molecule has 1 aromatic heterocycles. The molecule has 1 aliphatic carbocycles. The number of carbonyl (C=O) groups is 1. The third kappa shape index (κ3) is 3.68. The lowest BCUT2D eigenvalue weighted by atomic mass is 10.2. The predicted molar refractivity (Wildman–Crippen MR) is 95.7 cm³/mol. The second-order valence-corrected chi connectivity index (χ2v) is 9.96. The van der Waals surface area contributed by atoms with E-state index in [0.717, 1.165) is 37.1 Å². The summed E-state index contributed by atoms with van der Waals surface area (Å²) in [5, 5.41) is 0. The van der Waals surface area contributed by atoms with Gasteiger partial charge in [0.05, 0.1) is 6.42 Å². The van der Waals surface area contributed by atoms with Crippen molar-refractivity contribution in [3.05, 3.63) is 17.0 Å². The standard InChI is InChI=1S/C17H26N2O3S2/c1-2-19(14-7-3-4-8-14)16(20)13-15-9-10-17(23-15)24(21,22)18-11-5-6-12-18/h9-10,14H,2-8,11-13H2,1H3. The number of rotatable bonds is 6. The van der Waals surface area contributed by atoms with Crippen molar-refractivity contribution in [2.45, 2.75) is 62.1 Å². The Morgan fingerprint density at radius 2 is 1.88 bits per heavy atom. The molecule has 1 aliphatic heterocycles. The first-order valence-electron chi connectivity index (χ1n) is 8.90. The summed E-state index contributed by atoms with van der Waals surface area (Å²) < 4.78 is 27.1. The van der Waals surface area contributed by atoms with Crippen molar-refractivity contribution in [2.75, 3.05) is 19.6 Å². The van der Waals surface area contributed by atoms with E-state index in [1.807, 2.05) is 11.8 Å². The molecule has 2 heterocycles. The Morgan fingerprint density at radius 3 is 2.50 bits per heavy atom. The first-order chi connectivity index (χ1) is 11.5. The number of hydrogen-bond acceptors (Lipinski definition) is 4. The Balaban J connectivity index is 1.68. The quantitative estimate of drug-likeness (QED) is 0.774. The van der Waals surface area contributed by atoms with Crippen LogP contribution in [0.4, 0.5) is 0 Å². The fourth-order valence-electron chi connectivity index (χ4n) is 3.75. The van der Waals surface area contributed by atoms with Crippen LogP contribution >= 0.6 is 11.3 Å². The topological polar surface area (TPSA) is 57.7 Å². The van der Waals surface area contributed by atoms with Crippen LogP contribution in [0.15, 0.2) is 16.3 Å². The molecule has 1 saturated heterocycles. The summed E-state index contributed by atoms with van der Waals surface area (Å²) in [6, 6.07) is 3.83. The minimum Gasteiger partial charge on any atom is -0.340 e. The third-order valence-electron chi connectivity index (χ3n) is 5.05. The van der Waals surface area contributed by atoms with E-state index in [0.29, 0.717) is 29.8 Å². The van der Waals surface area contributed by atoms with Crippen molar-refractivity contribution in [3.63, 3.8) is 0 Å². The number of amides is 1. The van der Waals surface area contributed by atoms with Crippen LogP contribution < -0.4 is 0 Å². The zero-order chi connectivity index (χ0) is 17.2. The maximum Gasteiger partial charge on any atom is 0.252 e. The maximum atomic E-state index is 12.6. The molecule has 1 amide bonds. The molecule has 0 radical (unpaired) electrons. The third-order valence-corrected chi connectivity index (χ3v) is 8.50. The number of carbonyl (C=O) groups excluding carboxylic acids is 1. The number of nitrogens with zero attached hydrogens (tertiary/aromatic N) is 2. The molecule has 7 heteroatoms. The van der Waals surface area contributed by atoms with E-state index < -0.39 is 10.0 Å². The van der Waals surface area contributed by atoms with Gasteiger partial charge in [-0.15, -0.1) is 11.3 Å². The highest BCUT2D eigenvalue weighted by Gasteiger charge is 2.29. The second-order valence-electron chi connectivity index (χ2n) is 6.63. The van der Waals surface area contributed by atoms with Gasteiger partial charge in [0.15, 0.2) is 0 Å². The van der Waals surface area contributed by atoms with E-state index in [9.17, 15) is 13.2 Å². The number of sulfonamides is 1. The molecular formula is C17H26N2O3S2. The second kappa shape index (κ2) is 7.54. The van der Waals surface area contributed by atoms with Crippen LogP contribution in [0.1, 0.15) is 50.3 Å². The molecule has 134 valence electrons. The molecule has 5 nitrogen and oxygen atoms in total. The van der Waals surface area contributed by atoms with Gasteiger partial charge in [-0.2, -0.15) is 4.31 Å². The lowest BCUT2D eigenvalue weighted by Gasteiger charge is -2.27. The molecule has 0 bridgehead atoms. The van der Waals surface area contributed by atoms with E-state index in [-0.39, 0.29) is 5.91 Å². The van der Waals surface area contributed by atoms with Gasteiger partial charge in [0, 0.05) is 30.6 Å². The van der Waals surface area contributed by atoms with Crippen LogP contribution in [0.3, 0.4) is 0 Å². The first kappa shape index (κ1) is 17.9.